The number of pyridine rings is 1. The molecule has 1 saturated heterocycles. The molecule has 0 amide bonds. The van der Waals surface area contributed by atoms with Crippen LogP contribution in [0.25, 0.3) is 16.9 Å². The molecule has 100 valence electrons. The van der Waals surface area contributed by atoms with Crippen LogP contribution in [0.3, 0.4) is 0 Å². The van der Waals surface area contributed by atoms with Crippen molar-refractivity contribution in [3.05, 3.63) is 54.4 Å². The maximum Gasteiger partial charge on any atom is 0.139 e. The standard InChI is InChI=1S/C17H17N3/c1-13-4-2-5-14(10-13)16-12-20-9-6-15(11-17(20)18-16)19-7-3-8-19/h2,4-6,9-12H,3,7-8H2,1H3. The van der Waals surface area contributed by atoms with E-state index in [1.165, 1.54) is 36.3 Å². The Morgan fingerprint density at radius 2 is 2.00 bits per heavy atom. The van der Waals surface area contributed by atoms with Crippen molar-refractivity contribution < 1.29 is 0 Å². The molecule has 20 heavy (non-hydrogen) atoms. The summed E-state index contributed by atoms with van der Waals surface area (Å²) in [6, 6.07) is 12.8. The number of benzene rings is 1. The summed E-state index contributed by atoms with van der Waals surface area (Å²) in [5, 5.41) is 0. The lowest BCUT2D eigenvalue weighted by Gasteiger charge is -2.33. The zero-order valence-corrected chi connectivity index (χ0v) is 11.6. The number of aryl methyl sites for hydroxylation is 1. The molecule has 4 rings (SSSR count). The first-order valence-electron chi connectivity index (χ1n) is 7.10. The molecule has 0 N–H and O–H groups in total. The van der Waals surface area contributed by atoms with Gasteiger partial charge < -0.3 is 9.30 Å². The first-order chi connectivity index (χ1) is 9.79. The Morgan fingerprint density at radius 1 is 1.10 bits per heavy atom. The summed E-state index contributed by atoms with van der Waals surface area (Å²) in [5.41, 5.74) is 5.78. The Morgan fingerprint density at radius 3 is 2.75 bits per heavy atom. The van der Waals surface area contributed by atoms with Crippen LogP contribution in [0.2, 0.25) is 0 Å². The number of hydrogen-bond acceptors (Lipinski definition) is 2. The number of fused-ring (bicyclic) bond motifs is 1. The van der Waals surface area contributed by atoms with Crippen LogP contribution in [0.15, 0.2) is 48.8 Å². The summed E-state index contributed by atoms with van der Waals surface area (Å²) in [6.45, 7) is 4.45. The summed E-state index contributed by atoms with van der Waals surface area (Å²) in [6.07, 6.45) is 5.51. The number of imidazole rings is 1. The minimum atomic E-state index is 1.02. The highest BCUT2D eigenvalue weighted by Gasteiger charge is 2.15. The average molecular weight is 263 g/mol. The van der Waals surface area contributed by atoms with Crippen LogP contribution in [-0.2, 0) is 0 Å². The predicted molar refractivity (Wildman–Crippen MR) is 82.2 cm³/mol. The molecule has 1 aliphatic heterocycles. The van der Waals surface area contributed by atoms with Gasteiger partial charge in [-0.3, -0.25) is 0 Å². The van der Waals surface area contributed by atoms with Crippen LogP contribution >= 0.6 is 0 Å². The average Bonchev–Trinajstić information content (AvgIpc) is 2.80. The summed E-state index contributed by atoms with van der Waals surface area (Å²) in [7, 11) is 0. The lowest BCUT2D eigenvalue weighted by Crippen LogP contribution is -2.36. The Balaban J connectivity index is 1.78. The summed E-state index contributed by atoms with van der Waals surface area (Å²) >= 11 is 0. The fraction of sp³-hybridized carbons (Fsp3) is 0.235. The zero-order chi connectivity index (χ0) is 13.5. The number of anilines is 1. The van der Waals surface area contributed by atoms with E-state index in [2.05, 4.69) is 65.0 Å². The lowest BCUT2D eigenvalue weighted by atomic mass is 10.1. The van der Waals surface area contributed by atoms with Crippen molar-refractivity contribution in [2.45, 2.75) is 13.3 Å². The smallest absolute Gasteiger partial charge is 0.139 e. The van der Waals surface area contributed by atoms with Crippen LogP contribution in [0.4, 0.5) is 5.69 Å². The minimum absolute atomic E-state index is 1.02. The van der Waals surface area contributed by atoms with E-state index >= 15 is 0 Å². The summed E-state index contributed by atoms with van der Waals surface area (Å²) < 4.78 is 2.10. The van der Waals surface area contributed by atoms with Gasteiger partial charge in [0.25, 0.3) is 0 Å². The van der Waals surface area contributed by atoms with E-state index < -0.39 is 0 Å². The van der Waals surface area contributed by atoms with Crippen molar-refractivity contribution in [2.75, 3.05) is 18.0 Å². The number of aromatic nitrogens is 2. The molecule has 0 radical (unpaired) electrons. The van der Waals surface area contributed by atoms with Crippen molar-refractivity contribution in [3.63, 3.8) is 0 Å². The van der Waals surface area contributed by atoms with Crippen LogP contribution < -0.4 is 4.90 Å². The fourth-order valence-electron chi connectivity index (χ4n) is 2.69. The molecule has 1 aromatic carbocycles. The normalized spacial score (nSPS) is 14.6. The van der Waals surface area contributed by atoms with Gasteiger partial charge in [0, 0.05) is 42.8 Å². The molecule has 0 spiro atoms. The molecular formula is C17H17N3. The van der Waals surface area contributed by atoms with Crippen LogP contribution in [0.5, 0.6) is 0 Å². The van der Waals surface area contributed by atoms with E-state index in [1.807, 2.05) is 0 Å². The second-order valence-electron chi connectivity index (χ2n) is 5.49. The van der Waals surface area contributed by atoms with E-state index in [9.17, 15) is 0 Å². The third-order valence-corrected chi connectivity index (χ3v) is 3.98. The maximum atomic E-state index is 4.76. The monoisotopic (exact) mass is 263 g/mol. The molecule has 3 heteroatoms. The molecule has 1 aliphatic rings. The molecule has 3 nitrogen and oxygen atoms in total. The topological polar surface area (TPSA) is 20.5 Å². The van der Waals surface area contributed by atoms with E-state index in [4.69, 9.17) is 4.98 Å². The highest BCUT2D eigenvalue weighted by molar-refractivity contribution is 5.66. The van der Waals surface area contributed by atoms with Gasteiger partial charge in [0.15, 0.2) is 0 Å². The van der Waals surface area contributed by atoms with Gasteiger partial charge in [0.05, 0.1) is 5.69 Å². The second-order valence-corrected chi connectivity index (χ2v) is 5.49. The van der Waals surface area contributed by atoms with Gasteiger partial charge >= 0.3 is 0 Å². The minimum Gasteiger partial charge on any atom is -0.371 e. The van der Waals surface area contributed by atoms with E-state index in [-0.39, 0.29) is 0 Å². The Bertz CT molecular complexity index is 769. The summed E-state index contributed by atoms with van der Waals surface area (Å²) in [4.78, 5) is 7.15. The fourth-order valence-corrected chi connectivity index (χ4v) is 2.69. The van der Waals surface area contributed by atoms with Gasteiger partial charge in [0.2, 0.25) is 0 Å². The molecule has 0 atom stereocenters. The molecule has 3 heterocycles. The summed E-state index contributed by atoms with van der Waals surface area (Å²) in [5.74, 6) is 0. The molecule has 2 aromatic heterocycles. The number of rotatable bonds is 2. The predicted octanol–water partition coefficient (Wildman–Crippen LogP) is 3.52. The molecule has 0 saturated carbocycles. The number of nitrogens with zero attached hydrogens (tertiary/aromatic N) is 3. The maximum absolute atomic E-state index is 4.76. The quantitative estimate of drug-likeness (QED) is 0.705. The SMILES string of the molecule is Cc1cccc(-c2cn3ccc(N4CCC4)cc3n2)c1. The Labute approximate surface area is 118 Å². The third-order valence-electron chi connectivity index (χ3n) is 3.98. The molecule has 1 fully saturated rings. The first-order valence-corrected chi connectivity index (χ1v) is 7.10. The second kappa shape index (κ2) is 4.37. The molecule has 3 aromatic rings. The van der Waals surface area contributed by atoms with Gasteiger partial charge in [-0.25, -0.2) is 4.98 Å². The Kier molecular flexibility index (Phi) is 2.52. The molecule has 0 bridgehead atoms. The van der Waals surface area contributed by atoms with Crippen LogP contribution in [-0.4, -0.2) is 22.5 Å². The van der Waals surface area contributed by atoms with Crippen molar-refractivity contribution in [1.82, 2.24) is 9.38 Å². The Hall–Kier alpha value is -2.29. The third kappa shape index (κ3) is 1.86. The first kappa shape index (κ1) is 11.5. The number of hydrogen-bond donors (Lipinski definition) is 0. The van der Waals surface area contributed by atoms with Crippen LogP contribution in [0.1, 0.15) is 12.0 Å². The van der Waals surface area contributed by atoms with E-state index in [0.29, 0.717) is 0 Å². The van der Waals surface area contributed by atoms with Crippen molar-refractivity contribution in [1.29, 1.82) is 0 Å². The van der Waals surface area contributed by atoms with E-state index in [0.717, 1.165) is 11.3 Å². The highest BCUT2D eigenvalue weighted by Crippen LogP contribution is 2.25. The van der Waals surface area contributed by atoms with Gasteiger partial charge in [-0.15, -0.1) is 0 Å². The van der Waals surface area contributed by atoms with Crippen LogP contribution in [0, 0.1) is 6.92 Å². The van der Waals surface area contributed by atoms with Gasteiger partial charge in [-0.1, -0.05) is 23.8 Å². The highest BCUT2D eigenvalue weighted by atomic mass is 15.2. The van der Waals surface area contributed by atoms with Gasteiger partial charge in [-0.2, -0.15) is 0 Å². The van der Waals surface area contributed by atoms with Gasteiger partial charge in [0.1, 0.15) is 5.65 Å². The molecule has 0 unspecified atom stereocenters. The zero-order valence-electron chi connectivity index (χ0n) is 11.6. The van der Waals surface area contributed by atoms with Gasteiger partial charge in [-0.05, 0) is 25.5 Å². The molecule has 0 aliphatic carbocycles. The van der Waals surface area contributed by atoms with Crippen molar-refractivity contribution in [2.24, 2.45) is 0 Å². The lowest BCUT2D eigenvalue weighted by molar-refractivity contribution is 0.617. The van der Waals surface area contributed by atoms with Crippen molar-refractivity contribution in [3.8, 4) is 11.3 Å². The van der Waals surface area contributed by atoms with Crippen molar-refractivity contribution >= 4 is 11.3 Å². The molecular weight excluding hydrogens is 246 g/mol. The largest absolute Gasteiger partial charge is 0.371 e. The van der Waals surface area contributed by atoms with E-state index in [1.54, 1.807) is 0 Å².